The Balaban J connectivity index is 2.05. The maximum atomic E-state index is 11.9. The summed E-state index contributed by atoms with van der Waals surface area (Å²) in [6.45, 7) is 1.04. The van der Waals surface area contributed by atoms with Crippen LogP contribution < -0.4 is 0 Å². The molecule has 0 N–H and O–H groups in total. The second-order valence-electron chi connectivity index (χ2n) is 3.71. The predicted molar refractivity (Wildman–Crippen MR) is 53.4 cm³/mol. The SMILES string of the molecule is Cn1ccc(C(=O)N2CCC(=O)CC2)n1. The van der Waals surface area contributed by atoms with Gasteiger partial charge >= 0.3 is 0 Å². The zero-order valence-electron chi connectivity index (χ0n) is 8.64. The lowest BCUT2D eigenvalue weighted by Crippen LogP contribution is -2.38. The van der Waals surface area contributed by atoms with Crippen LogP contribution >= 0.6 is 0 Å². The number of aryl methyl sites for hydroxylation is 1. The van der Waals surface area contributed by atoms with E-state index in [0.29, 0.717) is 31.6 Å². The average molecular weight is 207 g/mol. The highest BCUT2D eigenvalue weighted by Gasteiger charge is 2.22. The molecule has 0 aliphatic carbocycles. The molecule has 1 amide bonds. The molecule has 15 heavy (non-hydrogen) atoms. The Morgan fingerprint density at radius 2 is 2.07 bits per heavy atom. The maximum Gasteiger partial charge on any atom is 0.274 e. The number of nitrogens with zero attached hydrogens (tertiary/aromatic N) is 3. The molecule has 0 saturated carbocycles. The molecule has 80 valence electrons. The first-order chi connectivity index (χ1) is 7.16. The van der Waals surface area contributed by atoms with Gasteiger partial charge < -0.3 is 4.90 Å². The third-order valence-electron chi connectivity index (χ3n) is 2.54. The molecule has 0 bridgehead atoms. The highest BCUT2D eigenvalue weighted by Crippen LogP contribution is 2.09. The zero-order chi connectivity index (χ0) is 10.8. The lowest BCUT2D eigenvalue weighted by atomic mass is 10.1. The van der Waals surface area contributed by atoms with Crippen molar-refractivity contribution >= 4 is 11.7 Å². The van der Waals surface area contributed by atoms with E-state index in [9.17, 15) is 9.59 Å². The summed E-state index contributed by atoms with van der Waals surface area (Å²) in [5.41, 5.74) is 0.451. The van der Waals surface area contributed by atoms with Crippen LogP contribution in [0.2, 0.25) is 0 Å². The fourth-order valence-corrected chi connectivity index (χ4v) is 1.65. The topological polar surface area (TPSA) is 55.2 Å². The maximum absolute atomic E-state index is 11.9. The van der Waals surface area contributed by atoms with Gasteiger partial charge in [0.05, 0.1) is 0 Å². The standard InChI is InChI=1S/C10H13N3O2/c1-12-5-4-9(11-12)10(15)13-6-2-8(14)3-7-13/h4-5H,2-3,6-7H2,1H3. The number of Topliss-reactive ketones (excluding diaryl/α,β-unsaturated/α-hetero) is 1. The molecule has 2 rings (SSSR count). The summed E-state index contributed by atoms with van der Waals surface area (Å²) in [5, 5.41) is 4.05. The van der Waals surface area contributed by atoms with E-state index in [1.165, 1.54) is 0 Å². The first-order valence-corrected chi connectivity index (χ1v) is 4.97. The highest BCUT2D eigenvalue weighted by atomic mass is 16.2. The van der Waals surface area contributed by atoms with Crippen molar-refractivity contribution in [2.45, 2.75) is 12.8 Å². The number of carbonyl (C=O) groups is 2. The van der Waals surface area contributed by atoms with Crippen molar-refractivity contribution in [3.8, 4) is 0 Å². The van der Waals surface area contributed by atoms with Crippen LogP contribution in [0.1, 0.15) is 23.3 Å². The van der Waals surface area contributed by atoms with Crippen molar-refractivity contribution in [1.82, 2.24) is 14.7 Å². The van der Waals surface area contributed by atoms with Crippen molar-refractivity contribution in [2.24, 2.45) is 7.05 Å². The molecule has 1 aliphatic rings. The molecule has 0 unspecified atom stereocenters. The van der Waals surface area contributed by atoms with E-state index >= 15 is 0 Å². The Bertz CT molecular complexity index is 387. The first-order valence-electron chi connectivity index (χ1n) is 4.97. The third-order valence-corrected chi connectivity index (χ3v) is 2.54. The highest BCUT2D eigenvalue weighted by molar-refractivity contribution is 5.93. The van der Waals surface area contributed by atoms with Gasteiger partial charge in [0.25, 0.3) is 5.91 Å². The van der Waals surface area contributed by atoms with E-state index in [0.717, 1.165) is 0 Å². The normalized spacial score (nSPS) is 16.9. The van der Waals surface area contributed by atoms with Crippen molar-refractivity contribution in [2.75, 3.05) is 13.1 Å². The Hall–Kier alpha value is -1.65. The summed E-state index contributed by atoms with van der Waals surface area (Å²) >= 11 is 0. The van der Waals surface area contributed by atoms with E-state index in [-0.39, 0.29) is 11.7 Å². The van der Waals surface area contributed by atoms with Crippen LogP contribution in [-0.2, 0) is 11.8 Å². The molecule has 1 aromatic heterocycles. The van der Waals surface area contributed by atoms with Crippen molar-refractivity contribution in [3.05, 3.63) is 18.0 Å². The summed E-state index contributed by atoms with van der Waals surface area (Å²) < 4.78 is 1.60. The van der Waals surface area contributed by atoms with Gasteiger partial charge in [-0.15, -0.1) is 0 Å². The van der Waals surface area contributed by atoms with Crippen molar-refractivity contribution in [1.29, 1.82) is 0 Å². The number of carbonyl (C=O) groups excluding carboxylic acids is 2. The molecule has 1 saturated heterocycles. The smallest absolute Gasteiger partial charge is 0.274 e. The van der Waals surface area contributed by atoms with Gasteiger partial charge in [0.15, 0.2) is 0 Å². The Morgan fingerprint density at radius 1 is 1.40 bits per heavy atom. The minimum absolute atomic E-state index is 0.0805. The second kappa shape index (κ2) is 3.84. The van der Waals surface area contributed by atoms with E-state index in [4.69, 9.17) is 0 Å². The lowest BCUT2D eigenvalue weighted by Gasteiger charge is -2.25. The van der Waals surface area contributed by atoms with E-state index in [1.54, 1.807) is 28.9 Å². The van der Waals surface area contributed by atoms with Gasteiger partial charge in [-0.2, -0.15) is 5.10 Å². The van der Waals surface area contributed by atoms with Crippen molar-refractivity contribution < 1.29 is 9.59 Å². The number of likely N-dealkylation sites (tertiary alicyclic amines) is 1. The van der Waals surface area contributed by atoms with Gasteiger partial charge in [-0.25, -0.2) is 0 Å². The molecule has 5 nitrogen and oxygen atoms in total. The summed E-state index contributed by atoms with van der Waals surface area (Å²) in [7, 11) is 1.77. The van der Waals surface area contributed by atoms with Gasteiger partial charge in [-0.05, 0) is 6.07 Å². The monoisotopic (exact) mass is 207 g/mol. The Labute approximate surface area is 87.7 Å². The number of piperidine rings is 1. The molecule has 0 atom stereocenters. The van der Waals surface area contributed by atoms with Crippen LogP contribution in [-0.4, -0.2) is 39.5 Å². The molecule has 0 radical (unpaired) electrons. The predicted octanol–water partition coefficient (Wildman–Crippen LogP) is 0.225. The third kappa shape index (κ3) is 2.06. The molecule has 2 heterocycles. The second-order valence-corrected chi connectivity index (χ2v) is 3.71. The molecule has 1 aromatic rings. The number of ketones is 1. The van der Waals surface area contributed by atoms with Crippen LogP contribution in [0.4, 0.5) is 0 Å². The number of rotatable bonds is 1. The number of aromatic nitrogens is 2. The number of hydrogen-bond donors (Lipinski definition) is 0. The van der Waals surface area contributed by atoms with Gasteiger partial charge in [0, 0.05) is 39.2 Å². The van der Waals surface area contributed by atoms with Crippen LogP contribution in [0.5, 0.6) is 0 Å². The minimum atomic E-state index is -0.0805. The summed E-state index contributed by atoms with van der Waals surface area (Å²) in [6.07, 6.45) is 2.68. The van der Waals surface area contributed by atoms with E-state index < -0.39 is 0 Å². The van der Waals surface area contributed by atoms with Gasteiger partial charge in [0.1, 0.15) is 11.5 Å². The summed E-state index contributed by atoms with van der Waals surface area (Å²) in [4.78, 5) is 24.6. The lowest BCUT2D eigenvalue weighted by molar-refractivity contribution is -0.120. The Morgan fingerprint density at radius 3 is 2.60 bits per heavy atom. The summed E-state index contributed by atoms with van der Waals surface area (Å²) in [5.74, 6) is 0.156. The van der Waals surface area contributed by atoms with Gasteiger partial charge in [-0.3, -0.25) is 14.3 Å². The molecular weight excluding hydrogens is 194 g/mol. The summed E-state index contributed by atoms with van der Waals surface area (Å²) in [6, 6.07) is 1.69. The van der Waals surface area contributed by atoms with Crippen LogP contribution in [0.3, 0.4) is 0 Å². The van der Waals surface area contributed by atoms with Crippen LogP contribution in [0, 0.1) is 0 Å². The molecule has 0 spiro atoms. The number of amides is 1. The average Bonchev–Trinajstić information content (AvgIpc) is 2.65. The van der Waals surface area contributed by atoms with Crippen LogP contribution in [0.15, 0.2) is 12.3 Å². The molecule has 1 aliphatic heterocycles. The fraction of sp³-hybridized carbons (Fsp3) is 0.500. The molecule has 0 aromatic carbocycles. The van der Waals surface area contributed by atoms with Crippen molar-refractivity contribution in [3.63, 3.8) is 0 Å². The number of hydrogen-bond acceptors (Lipinski definition) is 3. The van der Waals surface area contributed by atoms with Gasteiger partial charge in [0.2, 0.25) is 0 Å². The van der Waals surface area contributed by atoms with E-state index in [1.807, 2.05) is 0 Å². The zero-order valence-corrected chi connectivity index (χ0v) is 8.64. The molecule has 1 fully saturated rings. The fourth-order valence-electron chi connectivity index (χ4n) is 1.65. The van der Waals surface area contributed by atoms with Crippen LogP contribution in [0.25, 0.3) is 0 Å². The minimum Gasteiger partial charge on any atom is -0.336 e. The molecular formula is C10H13N3O2. The quantitative estimate of drug-likeness (QED) is 0.662. The molecule has 5 heteroatoms. The largest absolute Gasteiger partial charge is 0.336 e. The van der Waals surface area contributed by atoms with E-state index in [2.05, 4.69) is 5.10 Å². The van der Waals surface area contributed by atoms with Gasteiger partial charge in [-0.1, -0.05) is 0 Å². The Kier molecular flexibility index (Phi) is 2.53. The first kappa shape index (κ1) is 9.89.